The lowest BCUT2D eigenvalue weighted by atomic mass is 10.1. The molecule has 23 heavy (non-hydrogen) atoms. The molecule has 1 aromatic heterocycles. The second kappa shape index (κ2) is 8.36. The number of aliphatic imine (C=N–C) groups is 1. The standard InChI is InChI=1S/C18H26N4O/c1-5-16-15(17(6-2)23-22-16)12-21-18(19-4)20-11-14-9-7-13(3)8-10-14/h7-10H,5-6,11-12H2,1-4H3,(H2,19,20,21). The summed E-state index contributed by atoms with van der Waals surface area (Å²) in [4.78, 5) is 4.27. The molecule has 0 aliphatic carbocycles. The quantitative estimate of drug-likeness (QED) is 0.635. The van der Waals surface area contributed by atoms with Crippen molar-refractivity contribution in [2.75, 3.05) is 7.05 Å². The second-order valence-electron chi connectivity index (χ2n) is 5.50. The van der Waals surface area contributed by atoms with Crippen LogP contribution in [-0.4, -0.2) is 18.2 Å². The van der Waals surface area contributed by atoms with Gasteiger partial charge < -0.3 is 15.2 Å². The van der Waals surface area contributed by atoms with E-state index in [-0.39, 0.29) is 0 Å². The Morgan fingerprint density at radius 3 is 2.39 bits per heavy atom. The normalized spacial score (nSPS) is 11.6. The van der Waals surface area contributed by atoms with Crippen LogP contribution in [0.4, 0.5) is 0 Å². The molecule has 0 saturated carbocycles. The molecule has 0 saturated heterocycles. The Kier molecular flexibility index (Phi) is 6.20. The number of hydrogen-bond donors (Lipinski definition) is 2. The summed E-state index contributed by atoms with van der Waals surface area (Å²) in [6, 6.07) is 8.48. The van der Waals surface area contributed by atoms with E-state index in [1.807, 2.05) is 0 Å². The van der Waals surface area contributed by atoms with Crippen molar-refractivity contribution in [3.8, 4) is 0 Å². The third kappa shape index (κ3) is 4.58. The average Bonchev–Trinajstić information content (AvgIpc) is 2.98. The predicted octanol–water partition coefficient (Wildman–Crippen LogP) is 2.97. The Hall–Kier alpha value is -2.30. The summed E-state index contributed by atoms with van der Waals surface area (Å²) in [6.45, 7) is 7.67. The van der Waals surface area contributed by atoms with Gasteiger partial charge in [-0.1, -0.05) is 48.8 Å². The maximum absolute atomic E-state index is 5.39. The van der Waals surface area contributed by atoms with Crippen molar-refractivity contribution in [3.63, 3.8) is 0 Å². The Bertz CT molecular complexity index is 622. The average molecular weight is 314 g/mol. The number of aromatic nitrogens is 1. The van der Waals surface area contributed by atoms with E-state index >= 15 is 0 Å². The van der Waals surface area contributed by atoms with Crippen molar-refractivity contribution in [2.24, 2.45) is 4.99 Å². The zero-order valence-electron chi connectivity index (χ0n) is 14.4. The van der Waals surface area contributed by atoms with Gasteiger partial charge in [0, 0.05) is 32.1 Å². The third-order valence-electron chi connectivity index (χ3n) is 3.84. The summed E-state index contributed by atoms with van der Waals surface area (Å²) < 4.78 is 5.39. The molecule has 2 aromatic rings. The largest absolute Gasteiger partial charge is 0.361 e. The highest BCUT2D eigenvalue weighted by atomic mass is 16.5. The number of guanidine groups is 1. The fourth-order valence-corrected chi connectivity index (χ4v) is 2.42. The van der Waals surface area contributed by atoms with E-state index < -0.39 is 0 Å². The van der Waals surface area contributed by atoms with Crippen LogP contribution >= 0.6 is 0 Å². The monoisotopic (exact) mass is 314 g/mol. The molecule has 0 unspecified atom stereocenters. The molecule has 0 amide bonds. The molecular formula is C18H26N4O. The van der Waals surface area contributed by atoms with E-state index in [0.29, 0.717) is 6.54 Å². The second-order valence-corrected chi connectivity index (χ2v) is 5.50. The van der Waals surface area contributed by atoms with E-state index in [0.717, 1.165) is 42.4 Å². The third-order valence-corrected chi connectivity index (χ3v) is 3.84. The fraction of sp³-hybridized carbons (Fsp3) is 0.444. The Morgan fingerprint density at radius 1 is 1.09 bits per heavy atom. The zero-order valence-corrected chi connectivity index (χ0v) is 14.4. The van der Waals surface area contributed by atoms with E-state index in [4.69, 9.17) is 4.52 Å². The van der Waals surface area contributed by atoms with Crippen LogP contribution in [0.1, 0.15) is 42.0 Å². The van der Waals surface area contributed by atoms with Crippen LogP contribution in [-0.2, 0) is 25.9 Å². The van der Waals surface area contributed by atoms with Crippen molar-refractivity contribution in [1.82, 2.24) is 15.8 Å². The van der Waals surface area contributed by atoms with Gasteiger partial charge in [0.2, 0.25) is 0 Å². The maximum atomic E-state index is 5.39. The summed E-state index contributed by atoms with van der Waals surface area (Å²) in [5, 5.41) is 10.8. The maximum Gasteiger partial charge on any atom is 0.191 e. The summed E-state index contributed by atoms with van der Waals surface area (Å²) in [5.74, 6) is 1.72. The van der Waals surface area contributed by atoms with Crippen LogP contribution in [0, 0.1) is 6.92 Å². The first kappa shape index (κ1) is 17.1. The molecule has 1 aromatic carbocycles. The van der Waals surface area contributed by atoms with E-state index in [2.05, 4.69) is 65.8 Å². The van der Waals surface area contributed by atoms with E-state index in [1.54, 1.807) is 7.05 Å². The van der Waals surface area contributed by atoms with Crippen LogP contribution in [0.15, 0.2) is 33.8 Å². The first-order valence-electron chi connectivity index (χ1n) is 8.14. The molecule has 5 heteroatoms. The van der Waals surface area contributed by atoms with Crippen molar-refractivity contribution in [3.05, 3.63) is 52.4 Å². The summed E-state index contributed by atoms with van der Waals surface area (Å²) in [5.41, 5.74) is 4.66. The van der Waals surface area contributed by atoms with Crippen LogP contribution < -0.4 is 10.6 Å². The van der Waals surface area contributed by atoms with Gasteiger partial charge in [0.1, 0.15) is 5.76 Å². The molecule has 0 fully saturated rings. The van der Waals surface area contributed by atoms with Crippen LogP contribution in [0.5, 0.6) is 0 Å². The highest BCUT2D eigenvalue weighted by Crippen LogP contribution is 2.15. The molecule has 124 valence electrons. The molecule has 0 spiro atoms. The predicted molar refractivity (Wildman–Crippen MR) is 93.5 cm³/mol. The van der Waals surface area contributed by atoms with E-state index in [9.17, 15) is 0 Å². The lowest BCUT2D eigenvalue weighted by molar-refractivity contribution is 0.380. The van der Waals surface area contributed by atoms with Crippen molar-refractivity contribution < 1.29 is 4.52 Å². The number of rotatable bonds is 6. The Balaban J connectivity index is 1.93. The lowest BCUT2D eigenvalue weighted by Crippen LogP contribution is -2.36. The molecule has 5 nitrogen and oxygen atoms in total. The molecule has 0 aliphatic rings. The topological polar surface area (TPSA) is 62.5 Å². The molecule has 1 heterocycles. The Labute approximate surface area is 138 Å². The summed E-state index contributed by atoms with van der Waals surface area (Å²) in [6.07, 6.45) is 1.72. The fourth-order valence-electron chi connectivity index (χ4n) is 2.42. The van der Waals surface area contributed by atoms with Crippen molar-refractivity contribution in [1.29, 1.82) is 0 Å². The summed E-state index contributed by atoms with van der Waals surface area (Å²) >= 11 is 0. The van der Waals surface area contributed by atoms with Gasteiger partial charge in [0.05, 0.1) is 5.69 Å². The molecule has 0 radical (unpaired) electrons. The van der Waals surface area contributed by atoms with Gasteiger partial charge >= 0.3 is 0 Å². The first-order valence-corrected chi connectivity index (χ1v) is 8.14. The molecule has 2 rings (SSSR count). The van der Waals surface area contributed by atoms with Gasteiger partial charge in [-0.2, -0.15) is 0 Å². The van der Waals surface area contributed by atoms with Gasteiger partial charge in [-0.15, -0.1) is 0 Å². The van der Waals surface area contributed by atoms with Gasteiger partial charge in [-0.25, -0.2) is 0 Å². The smallest absolute Gasteiger partial charge is 0.191 e. The minimum absolute atomic E-state index is 0.670. The minimum atomic E-state index is 0.670. The molecule has 0 aliphatic heterocycles. The molecular weight excluding hydrogens is 288 g/mol. The van der Waals surface area contributed by atoms with Crippen molar-refractivity contribution >= 4 is 5.96 Å². The van der Waals surface area contributed by atoms with Crippen LogP contribution in [0.2, 0.25) is 0 Å². The summed E-state index contributed by atoms with van der Waals surface area (Å²) in [7, 11) is 1.78. The van der Waals surface area contributed by atoms with Crippen LogP contribution in [0.3, 0.4) is 0 Å². The van der Waals surface area contributed by atoms with Gasteiger partial charge in [-0.3, -0.25) is 4.99 Å². The number of benzene rings is 1. The highest BCUT2D eigenvalue weighted by molar-refractivity contribution is 5.79. The number of nitrogens with one attached hydrogen (secondary N) is 2. The number of hydrogen-bond acceptors (Lipinski definition) is 3. The van der Waals surface area contributed by atoms with Crippen LogP contribution in [0.25, 0.3) is 0 Å². The molecule has 0 atom stereocenters. The molecule has 2 N–H and O–H groups in total. The van der Waals surface area contributed by atoms with Gasteiger partial charge in [-0.05, 0) is 18.9 Å². The zero-order chi connectivity index (χ0) is 16.7. The SMILES string of the molecule is CCc1noc(CC)c1CNC(=NC)NCc1ccc(C)cc1. The minimum Gasteiger partial charge on any atom is -0.361 e. The van der Waals surface area contributed by atoms with Crippen molar-refractivity contribution in [2.45, 2.75) is 46.7 Å². The number of aryl methyl sites for hydroxylation is 3. The van der Waals surface area contributed by atoms with E-state index in [1.165, 1.54) is 11.1 Å². The highest BCUT2D eigenvalue weighted by Gasteiger charge is 2.13. The van der Waals surface area contributed by atoms with Gasteiger partial charge in [0.15, 0.2) is 5.96 Å². The first-order chi connectivity index (χ1) is 11.2. The Morgan fingerprint density at radius 2 is 1.78 bits per heavy atom. The number of nitrogens with zero attached hydrogens (tertiary/aromatic N) is 2. The van der Waals surface area contributed by atoms with Gasteiger partial charge in [0.25, 0.3) is 0 Å². The molecule has 0 bridgehead atoms. The lowest BCUT2D eigenvalue weighted by Gasteiger charge is -2.12.